The molecule has 0 aliphatic heterocycles. The molecule has 0 amide bonds. The molecule has 1 heterocycles. The lowest BCUT2D eigenvalue weighted by molar-refractivity contribution is -0.384. The smallest absolute Gasteiger partial charge is 0.311 e. The third-order valence-electron chi connectivity index (χ3n) is 3.61. The number of hydrogen-bond acceptors (Lipinski definition) is 5. The van der Waals surface area contributed by atoms with Crippen LogP contribution in [0.4, 0.5) is 17.3 Å². The molecule has 1 aromatic rings. The molecule has 0 atom stereocenters. The van der Waals surface area contributed by atoms with E-state index < -0.39 is 4.92 Å². The number of nitrogens with zero attached hydrogens (tertiary/aromatic N) is 2. The fourth-order valence-electron chi connectivity index (χ4n) is 1.76. The van der Waals surface area contributed by atoms with Crippen molar-refractivity contribution in [3.05, 3.63) is 22.2 Å². The molecule has 1 rings (SSSR count). The number of hydrogen-bond donors (Lipinski definition) is 2. The molecule has 0 spiro atoms. The molecular formula is C14H24N4O2. The Labute approximate surface area is 120 Å². The van der Waals surface area contributed by atoms with Crippen molar-refractivity contribution in [2.24, 2.45) is 0 Å². The van der Waals surface area contributed by atoms with Crippen molar-refractivity contribution in [2.75, 3.05) is 17.2 Å². The Kier molecular flexibility index (Phi) is 5.73. The van der Waals surface area contributed by atoms with Crippen molar-refractivity contribution in [3.63, 3.8) is 0 Å². The first-order chi connectivity index (χ1) is 9.45. The summed E-state index contributed by atoms with van der Waals surface area (Å²) < 4.78 is 0. The summed E-state index contributed by atoms with van der Waals surface area (Å²) in [5.74, 6) is 0.997. The van der Waals surface area contributed by atoms with Gasteiger partial charge in [0, 0.05) is 18.2 Å². The molecule has 2 N–H and O–H groups in total. The van der Waals surface area contributed by atoms with Crippen LogP contribution in [0.1, 0.15) is 47.0 Å². The van der Waals surface area contributed by atoms with Gasteiger partial charge in [-0.1, -0.05) is 20.8 Å². The summed E-state index contributed by atoms with van der Waals surface area (Å²) in [5, 5.41) is 17.5. The number of rotatable bonds is 8. The molecule has 0 bridgehead atoms. The first-order valence-electron chi connectivity index (χ1n) is 7.13. The average Bonchev–Trinajstić information content (AvgIpc) is 2.44. The normalized spacial score (nSPS) is 11.2. The molecule has 0 aliphatic carbocycles. The van der Waals surface area contributed by atoms with Crippen LogP contribution in [0.3, 0.4) is 0 Å². The minimum absolute atomic E-state index is 0.0140. The van der Waals surface area contributed by atoms with Gasteiger partial charge >= 0.3 is 5.69 Å². The van der Waals surface area contributed by atoms with Gasteiger partial charge in [-0.3, -0.25) is 10.1 Å². The molecule has 0 saturated carbocycles. The highest BCUT2D eigenvalue weighted by molar-refractivity contribution is 5.61. The Morgan fingerprint density at radius 3 is 2.45 bits per heavy atom. The van der Waals surface area contributed by atoms with Crippen molar-refractivity contribution in [1.29, 1.82) is 0 Å². The lowest BCUT2D eigenvalue weighted by Gasteiger charge is -2.28. The van der Waals surface area contributed by atoms with E-state index in [-0.39, 0.29) is 11.2 Å². The van der Waals surface area contributed by atoms with E-state index in [1.807, 2.05) is 6.92 Å². The zero-order chi connectivity index (χ0) is 15.2. The standard InChI is InChI=1S/C14H24N4O2/c1-5-10-15-12-9-8-11(18(19)20)13(16-12)17-14(4,6-2)7-3/h8-9H,5-7,10H2,1-4H3,(H2,15,16,17). The predicted molar refractivity (Wildman–Crippen MR) is 82.3 cm³/mol. The van der Waals surface area contributed by atoms with E-state index in [1.165, 1.54) is 6.07 Å². The minimum atomic E-state index is -0.398. The number of aromatic nitrogens is 1. The first-order valence-corrected chi connectivity index (χ1v) is 7.13. The second-order valence-corrected chi connectivity index (χ2v) is 5.14. The van der Waals surface area contributed by atoms with Gasteiger partial charge in [0.2, 0.25) is 5.82 Å². The molecule has 0 fully saturated rings. The van der Waals surface area contributed by atoms with E-state index in [2.05, 4.69) is 36.4 Å². The Balaban J connectivity index is 3.08. The van der Waals surface area contributed by atoms with E-state index in [4.69, 9.17) is 0 Å². The monoisotopic (exact) mass is 280 g/mol. The van der Waals surface area contributed by atoms with Crippen molar-refractivity contribution in [3.8, 4) is 0 Å². The van der Waals surface area contributed by atoms with Crippen molar-refractivity contribution in [2.45, 2.75) is 52.5 Å². The van der Waals surface area contributed by atoms with Gasteiger partial charge in [-0.25, -0.2) is 4.98 Å². The highest BCUT2D eigenvalue weighted by atomic mass is 16.6. The van der Waals surface area contributed by atoms with Gasteiger partial charge < -0.3 is 10.6 Å². The minimum Gasteiger partial charge on any atom is -0.370 e. The molecule has 112 valence electrons. The summed E-state index contributed by atoms with van der Waals surface area (Å²) in [6, 6.07) is 3.15. The zero-order valence-corrected chi connectivity index (χ0v) is 12.7. The zero-order valence-electron chi connectivity index (χ0n) is 12.7. The molecule has 1 aromatic heterocycles. The molecule has 20 heavy (non-hydrogen) atoms. The summed E-state index contributed by atoms with van der Waals surface area (Å²) in [5.41, 5.74) is -0.179. The van der Waals surface area contributed by atoms with Crippen LogP contribution in [0.2, 0.25) is 0 Å². The number of nitro groups is 1. The Morgan fingerprint density at radius 2 is 1.95 bits per heavy atom. The third kappa shape index (κ3) is 4.08. The van der Waals surface area contributed by atoms with Crippen LogP contribution in [-0.2, 0) is 0 Å². The van der Waals surface area contributed by atoms with Gasteiger partial charge in [0.1, 0.15) is 5.82 Å². The van der Waals surface area contributed by atoms with Gasteiger partial charge in [0.25, 0.3) is 0 Å². The average molecular weight is 280 g/mol. The van der Waals surface area contributed by atoms with Crippen LogP contribution in [0.25, 0.3) is 0 Å². The summed E-state index contributed by atoms with van der Waals surface area (Å²) in [6.45, 7) is 9.01. The maximum absolute atomic E-state index is 11.1. The maximum Gasteiger partial charge on any atom is 0.311 e. The molecule has 0 saturated heterocycles. The van der Waals surface area contributed by atoms with Gasteiger partial charge in [-0.05, 0) is 32.3 Å². The molecule has 0 aromatic carbocycles. The molecular weight excluding hydrogens is 256 g/mol. The summed E-state index contributed by atoms with van der Waals surface area (Å²) in [6.07, 6.45) is 2.72. The molecule has 0 aliphatic rings. The van der Waals surface area contributed by atoms with E-state index in [0.29, 0.717) is 11.6 Å². The quantitative estimate of drug-likeness (QED) is 0.559. The van der Waals surface area contributed by atoms with Crippen LogP contribution < -0.4 is 10.6 Å². The highest BCUT2D eigenvalue weighted by Crippen LogP contribution is 2.29. The van der Waals surface area contributed by atoms with E-state index in [0.717, 1.165) is 25.8 Å². The van der Waals surface area contributed by atoms with Gasteiger partial charge in [-0.2, -0.15) is 0 Å². The van der Waals surface area contributed by atoms with Crippen molar-refractivity contribution < 1.29 is 4.92 Å². The summed E-state index contributed by atoms with van der Waals surface area (Å²) in [7, 11) is 0. The lowest BCUT2D eigenvalue weighted by atomic mass is 9.95. The molecule has 0 radical (unpaired) electrons. The topological polar surface area (TPSA) is 80.1 Å². The number of nitrogens with one attached hydrogen (secondary N) is 2. The fraction of sp³-hybridized carbons (Fsp3) is 0.643. The van der Waals surface area contributed by atoms with E-state index in [9.17, 15) is 10.1 Å². The Morgan fingerprint density at radius 1 is 1.30 bits per heavy atom. The van der Waals surface area contributed by atoms with Crippen LogP contribution in [0, 0.1) is 10.1 Å². The van der Waals surface area contributed by atoms with Gasteiger partial charge in [-0.15, -0.1) is 0 Å². The Hall–Kier alpha value is -1.85. The first kappa shape index (κ1) is 16.2. The largest absolute Gasteiger partial charge is 0.370 e. The van der Waals surface area contributed by atoms with Crippen LogP contribution in [0.5, 0.6) is 0 Å². The second kappa shape index (κ2) is 7.07. The van der Waals surface area contributed by atoms with Crippen LogP contribution in [0.15, 0.2) is 12.1 Å². The third-order valence-corrected chi connectivity index (χ3v) is 3.61. The second-order valence-electron chi connectivity index (χ2n) is 5.14. The fourth-order valence-corrected chi connectivity index (χ4v) is 1.76. The number of pyridine rings is 1. The molecule has 0 unspecified atom stereocenters. The maximum atomic E-state index is 11.1. The highest BCUT2D eigenvalue weighted by Gasteiger charge is 2.25. The van der Waals surface area contributed by atoms with Gasteiger partial charge in [0.05, 0.1) is 4.92 Å². The summed E-state index contributed by atoms with van der Waals surface area (Å²) in [4.78, 5) is 15.1. The Bertz CT molecular complexity index is 458. The van der Waals surface area contributed by atoms with E-state index >= 15 is 0 Å². The number of anilines is 2. The molecule has 6 heteroatoms. The molecule has 6 nitrogen and oxygen atoms in total. The predicted octanol–water partition coefficient (Wildman–Crippen LogP) is 3.80. The summed E-state index contributed by atoms with van der Waals surface area (Å²) >= 11 is 0. The van der Waals surface area contributed by atoms with Crippen LogP contribution >= 0.6 is 0 Å². The van der Waals surface area contributed by atoms with E-state index in [1.54, 1.807) is 6.07 Å². The van der Waals surface area contributed by atoms with Gasteiger partial charge in [0.15, 0.2) is 0 Å². The van der Waals surface area contributed by atoms with Crippen molar-refractivity contribution in [1.82, 2.24) is 4.98 Å². The SMILES string of the molecule is CCCNc1ccc([N+](=O)[O-])c(NC(C)(CC)CC)n1. The van der Waals surface area contributed by atoms with Crippen molar-refractivity contribution >= 4 is 17.3 Å². The van der Waals surface area contributed by atoms with Crippen LogP contribution in [-0.4, -0.2) is 22.0 Å². The lowest BCUT2D eigenvalue weighted by Crippen LogP contribution is -2.33.